The van der Waals surface area contributed by atoms with Gasteiger partial charge in [-0.2, -0.15) is 0 Å². The molecule has 0 aliphatic carbocycles. The highest BCUT2D eigenvalue weighted by Gasteiger charge is 2.30. The number of nitrogens with one attached hydrogen (secondary N) is 1. The highest BCUT2D eigenvalue weighted by Crippen LogP contribution is 2.24. The number of hydrogen-bond donors (Lipinski definition) is 4. The summed E-state index contributed by atoms with van der Waals surface area (Å²) < 4.78 is 28.6. The number of amides is 1. The summed E-state index contributed by atoms with van der Waals surface area (Å²) in [6.45, 7) is 2.94. The maximum absolute atomic E-state index is 13.1. The number of oxime groups is 1. The van der Waals surface area contributed by atoms with E-state index in [0.717, 1.165) is 4.57 Å². The molecule has 1 aromatic heterocycles. The molecule has 2 atom stereocenters. The lowest BCUT2D eigenvalue weighted by Crippen LogP contribution is -2.42. The van der Waals surface area contributed by atoms with E-state index in [1.54, 1.807) is 0 Å². The topological polar surface area (TPSA) is 185 Å². The largest absolute Gasteiger partial charge is 0.387 e. The van der Waals surface area contributed by atoms with Crippen LogP contribution >= 0.6 is 23.2 Å². The maximum atomic E-state index is 13.1. The van der Waals surface area contributed by atoms with Crippen LogP contribution in [-0.2, 0) is 19.7 Å². The molecule has 2 rings (SSSR count). The number of sulfonamides is 1. The molecule has 0 spiro atoms. The fourth-order valence-electron chi connectivity index (χ4n) is 2.73. The van der Waals surface area contributed by atoms with Crippen LogP contribution in [0.3, 0.4) is 0 Å². The molecule has 14 heteroatoms. The zero-order valence-corrected chi connectivity index (χ0v) is 18.7. The highest BCUT2D eigenvalue weighted by atomic mass is 35.5. The Morgan fingerprint density at radius 2 is 1.74 bits per heavy atom. The van der Waals surface area contributed by atoms with E-state index in [9.17, 15) is 18.0 Å². The third-order valence-electron chi connectivity index (χ3n) is 4.05. The second kappa shape index (κ2) is 9.45. The number of aromatic nitrogens is 1. The van der Waals surface area contributed by atoms with Gasteiger partial charge in [0.25, 0.3) is 15.6 Å². The smallest absolute Gasteiger partial charge is 0.275 e. The Hall–Kier alpha value is -2.96. The van der Waals surface area contributed by atoms with E-state index in [1.807, 2.05) is 0 Å². The fraction of sp³-hybridized carbons (Fsp3) is 0.235. The average molecular weight is 491 g/mol. The van der Waals surface area contributed by atoms with Crippen molar-refractivity contribution >= 4 is 50.8 Å². The minimum Gasteiger partial charge on any atom is -0.387 e. The minimum atomic E-state index is -4.23. The van der Waals surface area contributed by atoms with E-state index < -0.39 is 39.6 Å². The van der Waals surface area contributed by atoms with Crippen molar-refractivity contribution in [2.75, 3.05) is 4.72 Å². The molecule has 0 radical (unpaired) electrons. The Labute approximate surface area is 187 Å². The average Bonchev–Trinajstić information content (AvgIpc) is 2.64. The molecule has 11 nitrogen and oxygen atoms in total. The predicted molar refractivity (Wildman–Crippen MR) is 117 cm³/mol. The standard InChI is InChI=1S/C17H20Cl2N6O5S/c1-8-3-4-13(24-31(28,29)12-6-10(18)5-11(19)7-12)16(27)25(8)14(15(20)26)9(2)30-23-17(21)22/h3-7,9,14,24H,1-2H3,(H2,20,26)(H4,21,22,23). The van der Waals surface area contributed by atoms with Gasteiger partial charge in [-0.1, -0.05) is 23.2 Å². The van der Waals surface area contributed by atoms with E-state index in [-0.39, 0.29) is 20.6 Å². The molecule has 0 fully saturated rings. The Kier molecular flexibility index (Phi) is 7.41. The van der Waals surface area contributed by atoms with Crippen LogP contribution in [0, 0.1) is 6.92 Å². The van der Waals surface area contributed by atoms with Crippen molar-refractivity contribution in [3.63, 3.8) is 0 Å². The van der Waals surface area contributed by atoms with Crippen molar-refractivity contribution in [3.8, 4) is 0 Å². The predicted octanol–water partition coefficient (Wildman–Crippen LogP) is 0.884. The van der Waals surface area contributed by atoms with Gasteiger partial charge in [-0.15, -0.1) is 0 Å². The number of pyridine rings is 1. The summed E-state index contributed by atoms with van der Waals surface area (Å²) in [4.78, 5) is 29.9. The molecule has 2 aromatic rings. The summed E-state index contributed by atoms with van der Waals surface area (Å²) in [7, 11) is -4.23. The van der Waals surface area contributed by atoms with Crippen LogP contribution in [0.2, 0.25) is 10.0 Å². The molecule has 0 bridgehead atoms. The van der Waals surface area contributed by atoms with Gasteiger partial charge in [0.05, 0.1) is 4.90 Å². The Morgan fingerprint density at radius 3 is 2.26 bits per heavy atom. The Morgan fingerprint density at radius 1 is 1.16 bits per heavy atom. The van der Waals surface area contributed by atoms with Crippen LogP contribution in [0.4, 0.5) is 5.69 Å². The van der Waals surface area contributed by atoms with E-state index in [4.69, 9.17) is 45.2 Å². The normalized spacial score (nSPS) is 13.2. The monoisotopic (exact) mass is 490 g/mol. The SMILES string of the molecule is Cc1ccc(NS(=O)(=O)c2cc(Cl)cc(Cl)c2)c(=O)n1C(C(N)=O)C(C)ON=C(N)N. The Balaban J connectivity index is 2.53. The molecule has 0 saturated heterocycles. The van der Waals surface area contributed by atoms with Gasteiger partial charge in [-0.3, -0.25) is 18.9 Å². The first-order chi connectivity index (χ1) is 14.3. The second-order valence-electron chi connectivity index (χ2n) is 6.45. The van der Waals surface area contributed by atoms with Crippen LogP contribution in [0.5, 0.6) is 0 Å². The number of nitrogens with zero attached hydrogens (tertiary/aromatic N) is 2. The fourth-order valence-corrected chi connectivity index (χ4v) is 4.51. The first kappa shape index (κ1) is 24.3. The van der Waals surface area contributed by atoms with Gasteiger partial charge in [-0.05, 0) is 49.3 Å². The molecule has 1 amide bonds. The van der Waals surface area contributed by atoms with Gasteiger partial charge in [0.1, 0.15) is 5.69 Å². The number of primary amides is 1. The third kappa shape index (κ3) is 5.81. The minimum absolute atomic E-state index is 0.0914. The van der Waals surface area contributed by atoms with Crippen molar-refractivity contribution in [3.05, 3.63) is 56.4 Å². The van der Waals surface area contributed by atoms with Gasteiger partial charge in [0.15, 0.2) is 12.1 Å². The molecule has 1 heterocycles. The van der Waals surface area contributed by atoms with Crippen molar-refractivity contribution < 1.29 is 18.0 Å². The summed E-state index contributed by atoms with van der Waals surface area (Å²) >= 11 is 11.7. The van der Waals surface area contributed by atoms with E-state index in [0.29, 0.717) is 5.69 Å². The summed E-state index contributed by atoms with van der Waals surface area (Å²) in [6.07, 6.45) is -1.06. The summed E-state index contributed by atoms with van der Waals surface area (Å²) in [5.74, 6) is -1.33. The molecule has 7 N–H and O–H groups in total. The quantitative estimate of drug-likeness (QED) is 0.240. The maximum Gasteiger partial charge on any atom is 0.275 e. The zero-order valence-electron chi connectivity index (χ0n) is 16.4. The number of nitrogens with two attached hydrogens (primary N) is 3. The van der Waals surface area contributed by atoms with Crippen LogP contribution in [0.25, 0.3) is 0 Å². The van der Waals surface area contributed by atoms with Gasteiger partial charge in [0, 0.05) is 15.7 Å². The van der Waals surface area contributed by atoms with Crippen molar-refractivity contribution in [1.29, 1.82) is 0 Å². The summed E-state index contributed by atoms with van der Waals surface area (Å²) in [5, 5.41) is 3.55. The molecular formula is C17H20Cl2N6O5S. The van der Waals surface area contributed by atoms with E-state index in [1.165, 1.54) is 44.2 Å². The lowest BCUT2D eigenvalue weighted by molar-refractivity contribution is -0.125. The number of benzene rings is 1. The molecule has 1 aromatic carbocycles. The van der Waals surface area contributed by atoms with Crippen molar-refractivity contribution in [1.82, 2.24) is 4.57 Å². The number of aryl methyl sites for hydroxylation is 1. The van der Waals surface area contributed by atoms with E-state index >= 15 is 0 Å². The number of carbonyl (C=O) groups excluding carboxylic acids is 1. The summed E-state index contributed by atoms with van der Waals surface area (Å²) in [6, 6.07) is 5.02. The van der Waals surface area contributed by atoms with Crippen LogP contribution in [0.15, 0.2) is 45.2 Å². The van der Waals surface area contributed by atoms with Crippen LogP contribution in [0.1, 0.15) is 18.7 Å². The molecule has 2 unspecified atom stereocenters. The number of anilines is 1. The van der Waals surface area contributed by atoms with Crippen molar-refractivity contribution in [2.45, 2.75) is 30.9 Å². The summed E-state index contributed by atoms with van der Waals surface area (Å²) in [5.41, 5.74) is 15.0. The van der Waals surface area contributed by atoms with Crippen LogP contribution < -0.4 is 27.5 Å². The van der Waals surface area contributed by atoms with Gasteiger partial charge in [-0.25, -0.2) is 8.42 Å². The first-order valence-corrected chi connectivity index (χ1v) is 10.8. The molecule has 0 aliphatic rings. The highest BCUT2D eigenvalue weighted by molar-refractivity contribution is 7.92. The molecule has 31 heavy (non-hydrogen) atoms. The molecule has 168 valence electrons. The second-order valence-corrected chi connectivity index (χ2v) is 9.00. The molecular weight excluding hydrogens is 471 g/mol. The lowest BCUT2D eigenvalue weighted by atomic mass is 10.1. The number of halogens is 2. The zero-order chi connectivity index (χ0) is 23.5. The third-order valence-corrected chi connectivity index (χ3v) is 5.83. The number of carbonyl (C=O) groups is 1. The lowest BCUT2D eigenvalue weighted by Gasteiger charge is -2.24. The number of hydrogen-bond acceptors (Lipinski definition) is 6. The van der Waals surface area contributed by atoms with Gasteiger partial charge in [0.2, 0.25) is 11.9 Å². The Bertz CT molecular complexity index is 1170. The van der Waals surface area contributed by atoms with E-state index in [2.05, 4.69) is 9.88 Å². The first-order valence-electron chi connectivity index (χ1n) is 8.58. The van der Waals surface area contributed by atoms with Crippen LogP contribution in [-0.4, -0.2) is 31.0 Å². The molecule has 0 saturated carbocycles. The number of rotatable bonds is 8. The van der Waals surface area contributed by atoms with Gasteiger partial charge >= 0.3 is 0 Å². The van der Waals surface area contributed by atoms with Crippen molar-refractivity contribution in [2.24, 2.45) is 22.4 Å². The number of guanidine groups is 1. The van der Waals surface area contributed by atoms with Gasteiger partial charge < -0.3 is 22.0 Å². The molecule has 0 aliphatic heterocycles.